The molecule has 0 unspecified atom stereocenters. The Morgan fingerprint density at radius 1 is 0.920 bits per heavy atom. The Bertz CT molecular complexity index is 978. The van der Waals surface area contributed by atoms with Crippen LogP contribution in [0.2, 0.25) is 0 Å². The van der Waals surface area contributed by atoms with Crippen molar-refractivity contribution < 1.29 is 16.8 Å². The number of halogens is 1. The fourth-order valence-electron chi connectivity index (χ4n) is 2.60. The lowest BCUT2D eigenvalue weighted by Gasteiger charge is -2.33. The minimum absolute atomic E-state index is 0.137. The fraction of sp³-hybridized carbons (Fsp3) is 0.333. The van der Waals surface area contributed by atoms with Crippen LogP contribution in [0.1, 0.15) is 4.88 Å². The molecule has 1 fully saturated rings. The SMILES string of the molecule is Cc1ccc(S(=O)(=O)N2CCN(S(=O)(=O)c3cccc(Br)c3)CC2)s1. The summed E-state index contributed by atoms with van der Waals surface area (Å²) >= 11 is 4.50. The third kappa shape index (κ3) is 3.83. The quantitative estimate of drug-likeness (QED) is 0.696. The van der Waals surface area contributed by atoms with Crippen LogP contribution in [0.4, 0.5) is 0 Å². The van der Waals surface area contributed by atoms with Crippen LogP contribution >= 0.6 is 27.3 Å². The van der Waals surface area contributed by atoms with E-state index in [-0.39, 0.29) is 31.1 Å². The summed E-state index contributed by atoms with van der Waals surface area (Å²) in [4.78, 5) is 1.13. The predicted molar refractivity (Wildman–Crippen MR) is 101 cm³/mol. The average Bonchev–Trinajstić information content (AvgIpc) is 3.02. The molecule has 1 aromatic carbocycles. The number of nitrogens with zero attached hydrogens (tertiary/aromatic N) is 2. The van der Waals surface area contributed by atoms with E-state index in [1.54, 1.807) is 30.3 Å². The first kappa shape index (κ1) is 19.0. The highest BCUT2D eigenvalue weighted by molar-refractivity contribution is 9.10. The Labute approximate surface area is 160 Å². The van der Waals surface area contributed by atoms with E-state index in [0.717, 1.165) is 4.88 Å². The molecule has 0 bridgehead atoms. The third-order valence-electron chi connectivity index (χ3n) is 3.94. The smallest absolute Gasteiger partial charge is 0.207 e. The molecular formula is C15H17BrN2O4S3. The molecule has 1 aliphatic rings. The van der Waals surface area contributed by atoms with Gasteiger partial charge in [0.1, 0.15) is 4.21 Å². The highest BCUT2D eigenvalue weighted by atomic mass is 79.9. The second-order valence-corrected chi connectivity index (χ2v) is 11.9. The van der Waals surface area contributed by atoms with Crippen molar-refractivity contribution in [1.29, 1.82) is 0 Å². The van der Waals surface area contributed by atoms with E-state index in [1.807, 2.05) is 6.92 Å². The molecule has 0 saturated carbocycles. The summed E-state index contributed by atoms with van der Waals surface area (Å²) in [5.74, 6) is 0. The predicted octanol–water partition coefficient (Wildman–Crippen LogP) is 2.51. The third-order valence-corrected chi connectivity index (χ3v) is 9.70. The monoisotopic (exact) mass is 464 g/mol. The van der Waals surface area contributed by atoms with Gasteiger partial charge in [-0.25, -0.2) is 16.8 Å². The van der Waals surface area contributed by atoms with Gasteiger partial charge in [-0.2, -0.15) is 8.61 Å². The fourth-order valence-corrected chi connectivity index (χ4v) is 7.48. The summed E-state index contributed by atoms with van der Waals surface area (Å²) in [7, 11) is -7.19. The van der Waals surface area contributed by atoms with E-state index in [4.69, 9.17) is 0 Å². The number of hydrogen-bond donors (Lipinski definition) is 0. The topological polar surface area (TPSA) is 74.8 Å². The van der Waals surface area contributed by atoms with E-state index >= 15 is 0 Å². The van der Waals surface area contributed by atoms with Crippen LogP contribution in [0.3, 0.4) is 0 Å². The van der Waals surface area contributed by atoms with Crippen LogP contribution in [-0.2, 0) is 20.0 Å². The Balaban J connectivity index is 1.76. The second-order valence-electron chi connectivity index (χ2n) is 5.63. The van der Waals surface area contributed by atoms with Gasteiger partial charge in [-0.3, -0.25) is 0 Å². The van der Waals surface area contributed by atoms with Gasteiger partial charge in [0.25, 0.3) is 10.0 Å². The summed E-state index contributed by atoms with van der Waals surface area (Å²) in [6, 6.07) is 9.87. The summed E-state index contributed by atoms with van der Waals surface area (Å²) in [5.41, 5.74) is 0. The maximum atomic E-state index is 12.7. The number of benzene rings is 1. The minimum Gasteiger partial charge on any atom is -0.207 e. The maximum absolute atomic E-state index is 12.7. The van der Waals surface area contributed by atoms with Gasteiger partial charge in [-0.1, -0.05) is 22.0 Å². The zero-order valence-corrected chi connectivity index (χ0v) is 17.5. The van der Waals surface area contributed by atoms with Crippen molar-refractivity contribution in [3.05, 3.63) is 45.7 Å². The molecule has 1 saturated heterocycles. The molecule has 25 heavy (non-hydrogen) atoms. The molecule has 1 aromatic heterocycles. The molecule has 0 spiro atoms. The largest absolute Gasteiger partial charge is 0.252 e. The first-order chi connectivity index (χ1) is 11.7. The summed E-state index contributed by atoms with van der Waals surface area (Å²) in [6.45, 7) is 2.42. The number of piperazine rings is 1. The Hall–Kier alpha value is -0.780. The van der Waals surface area contributed by atoms with Gasteiger partial charge in [-0.05, 0) is 37.3 Å². The van der Waals surface area contributed by atoms with Crippen LogP contribution in [0.5, 0.6) is 0 Å². The first-order valence-electron chi connectivity index (χ1n) is 7.53. The van der Waals surface area contributed by atoms with Crippen molar-refractivity contribution in [1.82, 2.24) is 8.61 Å². The Kier molecular flexibility index (Phi) is 5.38. The van der Waals surface area contributed by atoms with Gasteiger partial charge in [0.05, 0.1) is 4.90 Å². The number of sulfonamides is 2. The van der Waals surface area contributed by atoms with Crippen LogP contribution in [-0.4, -0.2) is 51.6 Å². The number of hydrogen-bond acceptors (Lipinski definition) is 5. The van der Waals surface area contributed by atoms with E-state index in [9.17, 15) is 16.8 Å². The lowest BCUT2D eigenvalue weighted by molar-refractivity contribution is 0.273. The van der Waals surface area contributed by atoms with Gasteiger partial charge >= 0.3 is 0 Å². The number of thiophene rings is 1. The molecule has 2 heterocycles. The van der Waals surface area contributed by atoms with E-state index in [1.165, 1.54) is 26.0 Å². The van der Waals surface area contributed by atoms with Gasteiger partial charge < -0.3 is 0 Å². The molecule has 136 valence electrons. The number of aryl methyl sites for hydroxylation is 1. The van der Waals surface area contributed by atoms with Crippen molar-refractivity contribution in [2.75, 3.05) is 26.2 Å². The molecule has 0 amide bonds. The lowest BCUT2D eigenvalue weighted by atomic mass is 10.4. The summed E-state index contributed by atoms with van der Waals surface area (Å²) < 4.78 is 54.4. The molecule has 0 radical (unpaired) electrons. The van der Waals surface area contributed by atoms with E-state index in [0.29, 0.717) is 8.68 Å². The second kappa shape index (κ2) is 7.09. The maximum Gasteiger partial charge on any atom is 0.252 e. The van der Waals surface area contributed by atoms with Gasteiger partial charge in [0.15, 0.2) is 0 Å². The molecule has 0 atom stereocenters. The highest BCUT2D eigenvalue weighted by Crippen LogP contribution is 2.27. The molecule has 0 aliphatic carbocycles. The van der Waals surface area contributed by atoms with Crippen LogP contribution in [0.25, 0.3) is 0 Å². The van der Waals surface area contributed by atoms with Crippen molar-refractivity contribution in [2.45, 2.75) is 16.0 Å². The zero-order chi connectivity index (χ0) is 18.2. The molecule has 6 nitrogen and oxygen atoms in total. The number of rotatable bonds is 4. The molecule has 1 aliphatic heterocycles. The van der Waals surface area contributed by atoms with Gasteiger partial charge in [0, 0.05) is 35.5 Å². The summed E-state index contributed by atoms with van der Waals surface area (Å²) in [5, 5.41) is 0. The van der Waals surface area contributed by atoms with Gasteiger partial charge in [-0.15, -0.1) is 11.3 Å². The first-order valence-corrected chi connectivity index (χ1v) is 12.0. The average molecular weight is 465 g/mol. The Morgan fingerprint density at radius 3 is 2.04 bits per heavy atom. The standard InChI is InChI=1S/C15H17BrN2O4S3/c1-12-5-6-15(23-12)25(21,22)18-9-7-17(8-10-18)24(19,20)14-4-2-3-13(16)11-14/h2-6,11H,7-10H2,1H3. The van der Waals surface area contributed by atoms with Crippen molar-refractivity contribution in [3.8, 4) is 0 Å². The van der Waals surface area contributed by atoms with Gasteiger partial charge in [0.2, 0.25) is 10.0 Å². The minimum atomic E-state index is -3.63. The van der Waals surface area contributed by atoms with Crippen molar-refractivity contribution >= 4 is 47.3 Å². The highest BCUT2D eigenvalue weighted by Gasteiger charge is 2.34. The molecule has 10 heteroatoms. The van der Waals surface area contributed by atoms with Crippen molar-refractivity contribution in [3.63, 3.8) is 0 Å². The van der Waals surface area contributed by atoms with Crippen LogP contribution in [0, 0.1) is 6.92 Å². The molecule has 3 rings (SSSR count). The molecular weight excluding hydrogens is 448 g/mol. The lowest BCUT2D eigenvalue weighted by Crippen LogP contribution is -2.50. The summed E-state index contributed by atoms with van der Waals surface area (Å²) in [6.07, 6.45) is 0. The molecule has 0 N–H and O–H groups in total. The van der Waals surface area contributed by atoms with Crippen molar-refractivity contribution in [2.24, 2.45) is 0 Å². The van der Waals surface area contributed by atoms with E-state index < -0.39 is 20.0 Å². The molecule has 2 aromatic rings. The van der Waals surface area contributed by atoms with Crippen LogP contribution < -0.4 is 0 Å². The zero-order valence-electron chi connectivity index (χ0n) is 13.4. The normalized spacial score (nSPS) is 17.7. The van der Waals surface area contributed by atoms with Crippen LogP contribution in [0.15, 0.2) is 50.0 Å². The Morgan fingerprint density at radius 2 is 1.52 bits per heavy atom. The van der Waals surface area contributed by atoms with E-state index in [2.05, 4.69) is 15.9 Å².